The summed E-state index contributed by atoms with van der Waals surface area (Å²) >= 11 is 0. The molecule has 2 fully saturated rings. The summed E-state index contributed by atoms with van der Waals surface area (Å²) in [6.07, 6.45) is 5.52. The summed E-state index contributed by atoms with van der Waals surface area (Å²) in [6.45, 7) is 0.241. The van der Waals surface area contributed by atoms with Gasteiger partial charge in [0.1, 0.15) is 17.2 Å². The van der Waals surface area contributed by atoms with Gasteiger partial charge in [-0.15, -0.1) is 0 Å². The predicted octanol–water partition coefficient (Wildman–Crippen LogP) is 2.40. The molecular formula is C26H23FN6O4. The maximum Gasteiger partial charge on any atom is 0.273 e. The van der Waals surface area contributed by atoms with E-state index >= 15 is 0 Å². The highest BCUT2D eigenvalue weighted by molar-refractivity contribution is 6.54. The van der Waals surface area contributed by atoms with Crippen molar-refractivity contribution in [1.82, 2.24) is 9.55 Å². The first-order chi connectivity index (χ1) is 17.7. The number of nitrogens with one attached hydrogen (secondary N) is 1. The number of nitrogens with two attached hydrogens (primary N) is 1. The number of halogens is 1. The number of nitrogens with zero attached hydrogens (tertiary/aromatic N) is 4. The highest BCUT2D eigenvalue weighted by atomic mass is 19.1. The zero-order valence-electron chi connectivity index (χ0n) is 19.8. The highest BCUT2D eigenvalue weighted by Crippen LogP contribution is 2.56. The summed E-state index contributed by atoms with van der Waals surface area (Å²) in [5.74, 6) is -2.89. The molecule has 1 aliphatic heterocycles. The fourth-order valence-corrected chi connectivity index (χ4v) is 4.73. The van der Waals surface area contributed by atoms with Crippen LogP contribution in [0.3, 0.4) is 0 Å². The Labute approximate surface area is 210 Å². The van der Waals surface area contributed by atoms with Gasteiger partial charge in [-0.05, 0) is 49.2 Å². The molecule has 2 aromatic carbocycles. The van der Waals surface area contributed by atoms with Crippen molar-refractivity contribution in [2.75, 3.05) is 18.6 Å². The number of anilines is 1. The van der Waals surface area contributed by atoms with Gasteiger partial charge < -0.3 is 15.4 Å². The molecule has 1 saturated carbocycles. The minimum absolute atomic E-state index is 0.114. The first-order valence-corrected chi connectivity index (χ1v) is 11.5. The lowest BCUT2D eigenvalue weighted by atomic mass is 9.76. The number of ether oxygens (including phenoxy) is 1. The van der Waals surface area contributed by atoms with Crippen LogP contribution in [0.1, 0.15) is 12.8 Å². The van der Waals surface area contributed by atoms with Crippen molar-refractivity contribution in [3.05, 3.63) is 77.2 Å². The molecule has 3 N–H and O–H groups in total. The molecule has 37 heavy (non-hydrogen) atoms. The number of amides is 2. The summed E-state index contributed by atoms with van der Waals surface area (Å²) < 4.78 is 21.2. The van der Waals surface area contributed by atoms with Gasteiger partial charge in [0.25, 0.3) is 17.4 Å². The Balaban J connectivity index is 1.57. The second-order valence-electron chi connectivity index (χ2n) is 9.08. The van der Waals surface area contributed by atoms with E-state index in [1.807, 2.05) is 0 Å². The Kier molecular flexibility index (Phi) is 5.90. The fourth-order valence-electron chi connectivity index (χ4n) is 4.73. The van der Waals surface area contributed by atoms with E-state index in [1.165, 1.54) is 47.3 Å². The third-order valence-corrected chi connectivity index (χ3v) is 6.83. The molecule has 3 aromatic rings. The van der Waals surface area contributed by atoms with Crippen LogP contribution < -0.4 is 20.9 Å². The molecule has 5 rings (SSSR count). The van der Waals surface area contributed by atoms with Crippen molar-refractivity contribution < 1.29 is 18.7 Å². The third kappa shape index (κ3) is 4.28. The van der Waals surface area contributed by atoms with Gasteiger partial charge in [0, 0.05) is 41.8 Å². The summed E-state index contributed by atoms with van der Waals surface area (Å²) in [7, 11) is 1.40. The first-order valence-electron chi connectivity index (χ1n) is 11.5. The van der Waals surface area contributed by atoms with Crippen LogP contribution in [0.15, 0.2) is 70.8 Å². The molecule has 1 unspecified atom stereocenters. The minimum atomic E-state index is -0.954. The summed E-state index contributed by atoms with van der Waals surface area (Å²) in [5.41, 5.74) is 5.00. The van der Waals surface area contributed by atoms with Gasteiger partial charge in [-0.2, -0.15) is 0 Å². The smallest absolute Gasteiger partial charge is 0.273 e. The van der Waals surface area contributed by atoms with Crippen molar-refractivity contribution in [3.8, 4) is 11.4 Å². The molecule has 10 nitrogen and oxygen atoms in total. The molecule has 2 heterocycles. The SMILES string of the molecule is COc1ccc(N=C2C(=O)N(c3ccc(-n4ccncc4=O)cc3)CC3(CC3)C2C(=N)C(N)=O)c(F)c1. The number of piperidine rings is 1. The minimum Gasteiger partial charge on any atom is -0.497 e. The number of methoxy groups -OCH3 is 1. The van der Waals surface area contributed by atoms with E-state index in [9.17, 15) is 18.8 Å². The van der Waals surface area contributed by atoms with E-state index in [-0.39, 0.29) is 29.3 Å². The maximum atomic E-state index is 14.8. The lowest BCUT2D eigenvalue weighted by Crippen LogP contribution is -2.56. The normalized spacial score (nSPS) is 19.2. The van der Waals surface area contributed by atoms with Gasteiger partial charge >= 0.3 is 0 Å². The van der Waals surface area contributed by atoms with Crippen molar-refractivity contribution in [3.63, 3.8) is 0 Å². The average molecular weight is 503 g/mol. The molecule has 188 valence electrons. The molecular weight excluding hydrogens is 479 g/mol. The maximum absolute atomic E-state index is 14.8. The number of aliphatic imine (C=N–C) groups is 1. The third-order valence-electron chi connectivity index (χ3n) is 6.83. The van der Waals surface area contributed by atoms with Crippen LogP contribution in [0.25, 0.3) is 5.69 Å². The van der Waals surface area contributed by atoms with E-state index in [2.05, 4.69) is 9.98 Å². The van der Waals surface area contributed by atoms with E-state index in [1.54, 1.807) is 24.3 Å². The Hall–Kier alpha value is -4.67. The van der Waals surface area contributed by atoms with Gasteiger partial charge in [0.05, 0.1) is 24.9 Å². The molecule has 1 saturated heterocycles. The van der Waals surface area contributed by atoms with Crippen LogP contribution in [0.2, 0.25) is 0 Å². The van der Waals surface area contributed by atoms with Crippen LogP contribution in [0.5, 0.6) is 5.75 Å². The number of hydrogen-bond donors (Lipinski definition) is 2. The Morgan fingerprint density at radius 2 is 1.89 bits per heavy atom. The molecule has 2 aliphatic rings. The lowest BCUT2D eigenvalue weighted by Gasteiger charge is -2.39. The zero-order valence-corrected chi connectivity index (χ0v) is 19.8. The zero-order chi connectivity index (χ0) is 26.3. The van der Waals surface area contributed by atoms with Crippen LogP contribution in [0.4, 0.5) is 15.8 Å². The largest absolute Gasteiger partial charge is 0.497 e. The van der Waals surface area contributed by atoms with Crippen LogP contribution >= 0.6 is 0 Å². The van der Waals surface area contributed by atoms with Crippen molar-refractivity contribution >= 4 is 34.6 Å². The number of rotatable bonds is 6. The Morgan fingerprint density at radius 3 is 2.49 bits per heavy atom. The molecule has 1 aliphatic carbocycles. The van der Waals surface area contributed by atoms with Crippen molar-refractivity contribution in [1.29, 1.82) is 5.41 Å². The second-order valence-corrected chi connectivity index (χ2v) is 9.08. The quantitative estimate of drug-likeness (QED) is 0.498. The molecule has 2 amide bonds. The van der Waals surface area contributed by atoms with Gasteiger partial charge in [0.2, 0.25) is 0 Å². The Bertz CT molecular complexity index is 1510. The number of carbonyl (C=O) groups excluding carboxylic acids is 2. The molecule has 0 radical (unpaired) electrons. The monoisotopic (exact) mass is 502 g/mol. The summed E-state index contributed by atoms with van der Waals surface area (Å²) in [5, 5.41) is 8.37. The lowest BCUT2D eigenvalue weighted by molar-refractivity contribution is -0.113. The summed E-state index contributed by atoms with van der Waals surface area (Å²) in [4.78, 5) is 47.5. The van der Waals surface area contributed by atoms with Crippen molar-refractivity contribution in [2.45, 2.75) is 12.8 Å². The average Bonchev–Trinajstić information content (AvgIpc) is 3.67. The topological polar surface area (TPSA) is 144 Å². The standard InChI is InChI=1S/C26H23FN6O4/c1-37-17-6-7-19(18(27)12-17)31-23-21(22(28)24(29)35)26(8-9-26)14-33(25(23)36)16-4-2-15(3-5-16)32-11-10-30-13-20(32)34/h2-7,10-13,21,28H,8-9,14H2,1H3,(H2,29,35). The molecule has 1 atom stereocenters. The summed E-state index contributed by atoms with van der Waals surface area (Å²) in [6, 6.07) is 10.8. The molecule has 1 aromatic heterocycles. The first kappa shape index (κ1) is 24.0. The molecule has 11 heteroatoms. The molecule has 0 bridgehead atoms. The van der Waals surface area contributed by atoms with Gasteiger partial charge in [0.15, 0.2) is 5.82 Å². The van der Waals surface area contributed by atoms with E-state index in [4.69, 9.17) is 15.9 Å². The van der Waals surface area contributed by atoms with Crippen LogP contribution in [-0.4, -0.2) is 46.4 Å². The van der Waals surface area contributed by atoms with Gasteiger partial charge in [-0.25, -0.2) is 9.38 Å². The van der Waals surface area contributed by atoms with Crippen LogP contribution in [0, 0.1) is 22.6 Å². The predicted molar refractivity (Wildman–Crippen MR) is 134 cm³/mol. The number of hydrogen-bond acceptors (Lipinski definition) is 7. The second kappa shape index (κ2) is 9.08. The number of aromatic nitrogens is 2. The van der Waals surface area contributed by atoms with Crippen molar-refractivity contribution in [2.24, 2.45) is 22.1 Å². The number of carbonyl (C=O) groups is 2. The van der Waals surface area contributed by atoms with Gasteiger partial charge in [-0.3, -0.25) is 29.3 Å². The molecule has 1 spiro atoms. The fraction of sp³-hybridized carbons (Fsp3) is 0.231. The highest BCUT2D eigenvalue weighted by Gasteiger charge is 2.60. The van der Waals surface area contributed by atoms with E-state index in [0.29, 0.717) is 24.2 Å². The van der Waals surface area contributed by atoms with E-state index in [0.717, 1.165) is 6.07 Å². The van der Waals surface area contributed by atoms with Gasteiger partial charge in [-0.1, -0.05) is 0 Å². The van der Waals surface area contributed by atoms with Crippen LogP contribution in [-0.2, 0) is 9.59 Å². The number of benzene rings is 2. The van der Waals surface area contributed by atoms with E-state index < -0.39 is 34.7 Å². The number of primary amides is 1. The Morgan fingerprint density at radius 1 is 1.19 bits per heavy atom.